The number of anilines is 1. The van der Waals surface area contributed by atoms with E-state index in [0.29, 0.717) is 0 Å². The molecular formula is C14H17IN2O2. The fraction of sp³-hybridized carbons (Fsp3) is 0.429. The molecule has 0 unspecified atom stereocenters. The zero-order chi connectivity index (χ0) is 13.7. The van der Waals surface area contributed by atoms with Crippen LogP contribution in [0.3, 0.4) is 0 Å². The van der Waals surface area contributed by atoms with Crippen molar-refractivity contribution in [3.63, 3.8) is 0 Å². The number of allylic oxidation sites excluding steroid dienone is 1. The summed E-state index contributed by atoms with van der Waals surface area (Å²) >= 11 is 2.13. The maximum atomic E-state index is 10.7. The highest BCUT2D eigenvalue weighted by Crippen LogP contribution is 2.24. The molecule has 2 rings (SSSR count). The van der Waals surface area contributed by atoms with E-state index >= 15 is 0 Å². The van der Waals surface area contributed by atoms with Gasteiger partial charge in [-0.1, -0.05) is 11.6 Å². The summed E-state index contributed by atoms with van der Waals surface area (Å²) < 4.78 is 0.893. The van der Waals surface area contributed by atoms with E-state index in [4.69, 9.17) is 0 Å². The van der Waals surface area contributed by atoms with Gasteiger partial charge in [0, 0.05) is 27.9 Å². The van der Waals surface area contributed by atoms with Gasteiger partial charge in [-0.2, -0.15) is 0 Å². The van der Waals surface area contributed by atoms with E-state index in [-0.39, 0.29) is 10.6 Å². The Morgan fingerprint density at radius 3 is 2.84 bits per heavy atom. The van der Waals surface area contributed by atoms with Gasteiger partial charge in [-0.05, 0) is 60.8 Å². The van der Waals surface area contributed by atoms with Crippen LogP contribution in [0.25, 0.3) is 0 Å². The van der Waals surface area contributed by atoms with Crippen LogP contribution in [0.4, 0.5) is 11.4 Å². The summed E-state index contributed by atoms with van der Waals surface area (Å²) in [5.74, 6) is 0. The number of rotatable bonds is 5. The van der Waals surface area contributed by atoms with Crippen molar-refractivity contribution in [3.05, 3.63) is 43.5 Å². The number of nitro benzene ring substituents is 1. The predicted octanol–water partition coefficient (Wildman–Crippen LogP) is 4.50. The van der Waals surface area contributed by atoms with Gasteiger partial charge < -0.3 is 5.32 Å². The van der Waals surface area contributed by atoms with Gasteiger partial charge in [-0.3, -0.25) is 10.1 Å². The molecule has 19 heavy (non-hydrogen) atoms. The molecule has 4 nitrogen and oxygen atoms in total. The summed E-state index contributed by atoms with van der Waals surface area (Å²) in [6.45, 7) is 0.889. The van der Waals surface area contributed by atoms with Crippen LogP contribution in [0.2, 0.25) is 0 Å². The van der Waals surface area contributed by atoms with Crippen LogP contribution < -0.4 is 5.32 Å². The van der Waals surface area contributed by atoms with E-state index in [2.05, 4.69) is 34.0 Å². The quantitative estimate of drug-likeness (QED) is 0.358. The highest BCUT2D eigenvalue weighted by Gasteiger charge is 2.09. The van der Waals surface area contributed by atoms with Gasteiger partial charge in [0.2, 0.25) is 0 Å². The van der Waals surface area contributed by atoms with E-state index in [0.717, 1.165) is 22.2 Å². The summed E-state index contributed by atoms with van der Waals surface area (Å²) in [4.78, 5) is 10.3. The van der Waals surface area contributed by atoms with Crippen molar-refractivity contribution in [1.29, 1.82) is 0 Å². The van der Waals surface area contributed by atoms with Crippen LogP contribution in [0.15, 0.2) is 29.8 Å². The minimum atomic E-state index is -0.362. The first-order chi connectivity index (χ1) is 9.16. The molecule has 102 valence electrons. The van der Waals surface area contributed by atoms with Crippen LogP contribution in [0.5, 0.6) is 0 Å². The molecule has 1 aromatic rings. The third kappa shape index (κ3) is 4.19. The molecule has 0 saturated heterocycles. The Bertz CT molecular complexity index is 500. The summed E-state index contributed by atoms with van der Waals surface area (Å²) in [7, 11) is 0. The minimum absolute atomic E-state index is 0.143. The van der Waals surface area contributed by atoms with Crippen molar-refractivity contribution in [2.24, 2.45) is 0 Å². The first kappa shape index (κ1) is 14.3. The average molecular weight is 372 g/mol. The van der Waals surface area contributed by atoms with Gasteiger partial charge in [-0.25, -0.2) is 0 Å². The molecule has 0 spiro atoms. The topological polar surface area (TPSA) is 55.2 Å². The van der Waals surface area contributed by atoms with Crippen molar-refractivity contribution in [1.82, 2.24) is 0 Å². The second-order valence-electron chi connectivity index (χ2n) is 4.71. The van der Waals surface area contributed by atoms with Gasteiger partial charge in [0.25, 0.3) is 5.69 Å². The van der Waals surface area contributed by atoms with E-state index in [1.165, 1.54) is 31.3 Å². The zero-order valence-corrected chi connectivity index (χ0v) is 12.9. The zero-order valence-electron chi connectivity index (χ0n) is 10.7. The first-order valence-electron chi connectivity index (χ1n) is 6.52. The van der Waals surface area contributed by atoms with Crippen LogP contribution in [0.1, 0.15) is 32.1 Å². The number of benzene rings is 1. The number of hydrogen-bond donors (Lipinski definition) is 1. The Morgan fingerprint density at radius 2 is 2.21 bits per heavy atom. The molecule has 0 heterocycles. The molecular weight excluding hydrogens is 355 g/mol. The van der Waals surface area contributed by atoms with Crippen LogP contribution in [0, 0.1) is 13.7 Å². The molecule has 1 N–H and O–H groups in total. The third-order valence-electron chi connectivity index (χ3n) is 3.31. The number of nitrogens with one attached hydrogen (secondary N) is 1. The first-order valence-corrected chi connectivity index (χ1v) is 7.60. The van der Waals surface area contributed by atoms with Crippen molar-refractivity contribution in [2.45, 2.75) is 32.1 Å². The number of nitrogens with zero attached hydrogens (tertiary/aromatic N) is 1. The number of non-ortho nitro benzene ring substituents is 1. The van der Waals surface area contributed by atoms with Gasteiger partial charge in [0.05, 0.1) is 4.92 Å². The van der Waals surface area contributed by atoms with Crippen molar-refractivity contribution < 1.29 is 4.92 Å². The molecule has 0 bridgehead atoms. The molecule has 0 aliphatic heterocycles. The van der Waals surface area contributed by atoms with Gasteiger partial charge in [0.15, 0.2) is 0 Å². The summed E-state index contributed by atoms with van der Waals surface area (Å²) in [6, 6.07) is 4.93. The van der Waals surface area contributed by atoms with Crippen LogP contribution in [-0.2, 0) is 0 Å². The van der Waals surface area contributed by atoms with Crippen molar-refractivity contribution >= 4 is 34.0 Å². The molecule has 1 aliphatic rings. The third-order valence-corrected chi connectivity index (χ3v) is 4.20. The lowest BCUT2D eigenvalue weighted by Crippen LogP contribution is -2.05. The van der Waals surface area contributed by atoms with Crippen molar-refractivity contribution in [2.75, 3.05) is 11.9 Å². The summed E-state index contributed by atoms with van der Waals surface area (Å²) in [6.07, 6.45) is 8.47. The minimum Gasteiger partial charge on any atom is -0.384 e. The summed E-state index contributed by atoms with van der Waals surface area (Å²) in [5, 5.41) is 14.0. The smallest absolute Gasteiger partial charge is 0.270 e. The van der Waals surface area contributed by atoms with Crippen molar-refractivity contribution in [3.8, 4) is 0 Å². The Kier molecular flexibility index (Phi) is 5.18. The van der Waals surface area contributed by atoms with Gasteiger partial charge in [-0.15, -0.1) is 0 Å². The number of nitro groups is 1. The summed E-state index contributed by atoms with van der Waals surface area (Å²) in [5.41, 5.74) is 2.66. The number of hydrogen-bond acceptors (Lipinski definition) is 3. The lowest BCUT2D eigenvalue weighted by atomic mass is 9.97. The second kappa shape index (κ2) is 6.88. The van der Waals surface area contributed by atoms with Crippen LogP contribution >= 0.6 is 22.6 Å². The van der Waals surface area contributed by atoms with Gasteiger partial charge in [0.1, 0.15) is 0 Å². The van der Waals surface area contributed by atoms with E-state index in [1.54, 1.807) is 18.2 Å². The Balaban J connectivity index is 1.89. The predicted molar refractivity (Wildman–Crippen MR) is 85.5 cm³/mol. The fourth-order valence-corrected chi connectivity index (χ4v) is 2.94. The molecule has 0 saturated carbocycles. The Labute approximate surface area is 126 Å². The van der Waals surface area contributed by atoms with E-state index in [9.17, 15) is 10.1 Å². The second-order valence-corrected chi connectivity index (χ2v) is 5.87. The standard InChI is InChI=1S/C14H17IN2O2/c15-13-10-12(17(18)19)6-7-14(13)16-9-8-11-4-2-1-3-5-11/h4,6-7,10,16H,1-3,5,8-9H2. The van der Waals surface area contributed by atoms with E-state index in [1.807, 2.05) is 0 Å². The average Bonchev–Trinajstić information content (AvgIpc) is 2.41. The normalized spacial score (nSPS) is 14.9. The molecule has 0 atom stereocenters. The SMILES string of the molecule is O=[N+]([O-])c1ccc(NCCC2=CCCCC2)c(I)c1. The molecule has 1 aliphatic carbocycles. The van der Waals surface area contributed by atoms with Crippen LogP contribution in [-0.4, -0.2) is 11.5 Å². The molecule has 1 aromatic carbocycles. The van der Waals surface area contributed by atoms with E-state index < -0.39 is 0 Å². The lowest BCUT2D eigenvalue weighted by molar-refractivity contribution is -0.384. The number of halogens is 1. The highest BCUT2D eigenvalue weighted by atomic mass is 127. The molecule has 0 fully saturated rings. The lowest BCUT2D eigenvalue weighted by Gasteiger charge is -2.14. The largest absolute Gasteiger partial charge is 0.384 e. The molecule has 0 amide bonds. The maximum Gasteiger partial charge on any atom is 0.270 e. The Hall–Kier alpha value is -1.11. The Morgan fingerprint density at radius 1 is 1.37 bits per heavy atom. The molecule has 0 radical (unpaired) electrons. The molecule has 5 heteroatoms. The fourth-order valence-electron chi connectivity index (χ4n) is 2.25. The highest BCUT2D eigenvalue weighted by molar-refractivity contribution is 14.1. The van der Waals surface area contributed by atoms with Gasteiger partial charge >= 0.3 is 0 Å². The molecule has 0 aromatic heterocycles. The monoisotopic (exact) mass is 372 g/mol. The maximum absolute atomic E-state index is 10.7.